The maximum atomic E-state index is 12.3. The summed E-state index contributed by atoms with van der Waals surface area (Å²) in [6, 6.07) is 16.6. The molecule has 0 aliphatic carbocycles. The van der Waals surface area contributed by atoms with E-state index in [2.05, 4.69) is 41.8 Å². The van der Waals surface area contributed by atoms with Crippen molar-refractivity contribution in [3.05, 3.63) is 70.3 Å². The van der Waals surface area contributed by atoms with Gasteiger partial charge in [0.15, 0.2) is 0 Å². The smallest absolute Gasteiger partial charge is 0.255 e. The normalized spacial score (nSPS) is 10.3. The molecule has 0 atom stereocenters. The maximum Gasteiger partial charge on any atom is 0.255 e. The molecule has 3 N–H and O–H groups in total. The number of nitrogens with one attached hydrogen (secondary N) is 3. The van der Waals surface area contributed by atoms with Crippen LogP contribution in [0.1, 0.15) is 23.0 Å². The average Bonchev–Trinajstić information content (AvgIpc) is 2.63. The molecule has 138 valence electrons. The molecule has 0 aliphatic heterocycles. The first-order valence-electron chi connectivity index (χ1n) is 8.57. The van der Waals surface area contributed by atoms with Crippen LogP contribution in [0.15, 0.2) is 59.1 Å². The summed E-state index contributed by atoms with van der Waals surface area (Å²) in [5, 5.41) is 9.25. The Labute approximate surface area is 166 Å². The molecule has 1 amide bonds. The third-order valence-electron chi connectivity index (χ3n) is 3.69. The van der Waals surface area contributed by atoms with Gasteiger partial charge in [-0.3, -0.25) is 4.79 Å². The zero-order valence-corrected chi connectivity index (χ0v) is 16.7. The molecular weight excluding hydrogens is 406 g/mol. The summed E-state index contributed by atoms with van der Waals surface area (Å²) in [6.45, 7) is 4.68. The molecule has 27 heavy (non-hydrogen) atoms. The highest BCUT2D eigenvalue weighted by molar-refractivity contribution is 9.10. The van der Waals surface area contributed by atoms with Crippen LogP contribution < -0.4 is 16.0 Å². The van der Waals surface area contributed by atoms with Crippen LogP contribution in [0.3, 0.4) is 0 Å². The fourth-order valence-electron chi connectivity index (χ4n) is 2.49. The van der Waals surface area contributed by atoms with Gasteiger partial charge in [0.1, 0.15) is 5.82 Å². The van der Waals surface area contributed by atoms with Crippen molar-refractivity contribution in [1.29, 1.82) is 0 Å². The Morgan fingerprint density at radius 2 is 1.78 bits per heavy atom. The number of aryl methyl sites for hydroxylation is 1. The quantitative estimate of drug-likeness (QED) is 0.519. The van der Waals surface area contributed by atoms with E-state index in [1.54, 1.807) is 12.1 Å². The number of carbonyl (C=O) groups excluding carboxylic acids is 1. The molecule has 6 nitrogen and oxygen atoms in total. The Morgan fingerprint density at radius 3 is 2.48 bits per heavy atom. The number of anilines is 4. The Kier molecular flexibility index (Phi) is 6.03. The summed E-state index contributed by atoms with van der Waals surface area (Å²) in [7, 11) is 0. The number of benzene rings is 2. The number of nitrogens with zero attached hydrogens (tertiary/aromatic N) is 2. The molecule has 2 aromatic carbocycles. The molecule has 0 fully saturated rings. The fourth-order valence-corrected chi connectivity index (χ4v) is 2.89. The lowest BCUT2D eigenvalue weighted by Gasteiger charge is -2.10. The molecule has 0 unspecified atom stereocenters. The van der Waals surface area contributed by atoms with Crippen molar-refractivity contribution in [3.8, 4) is 0 Å². The highest BCUT2D eigenvalue weighted by Crippen LogP contribution is 2.20. The standard InChI is InChI=1S/C20H20BrN5O/c1-3-22-20-23-13(2)11-18(26-20)24-16-7-9-17(10-8-16)25-19(27)14-5-4-6-15(21)12-14/h4-12H,3H2,1-2H3,(H,25,27)(H2,22,23,24,26). The Hall–Kier alpha value is -2.93. The zero-order valence-electron chi connectivity index (χ0n) is 15.1. The summed E-state index contributed by atoms with van der Waals surface area (Å²) < 4.78 is 0.867. The lowest BCUT2D eigenvalue weighted by molar-refractivity contribution is 0.102. The van der Waals surface area contributed by atoms with Crippen LogP contribution in [0, 0.1) is 6.92 Å². The van der Waals surface area contributed by atoms with E-state index in [0.717, 1.165) is 28.1 Å². The zero-order chi connectivity index (χ0) is 19.2. The van der Waals surface area contributed by atoms with Crippen LogP contribution >= 0.6 is 15.9 Å². The number of hydrogen-bond donors (Lipinski definition) is 3. The van der Waals surface area contributed by atoms with Gasteiger partial charge in [-0.05, 0) is 56.3 Å². The van der Waals surface area contributed by atoms with Gasteiger partial charge in [0.05, 0.1) is 0 Å². The fraction of sp³-hybridized carbons (Fsp3) is 0.150. The summed E-state index contributed by atoms with van der Waals surface area (Å²) in [4.78, 5) is 21.1. The molecule has 1 aromatic heterocycles. The third-order valence-corrected chi connectivity index (χ3v) is 4.18. The van der Waals surface area contributed by atoms with Crippen molar-refractivity contribution < 1.29 is 4.79 Å². The van der Waals surface area contributed by atoms with Crippen LogP contribution in [-0.2, 0) is 0 Å². The van der Waals surface area contributed by atoms with E-state index in [0.29, 0.717) is 17.3 Å². The molecule has 0 spiro atoms. The highest BCUT2D eigenvalue weighted by Gasteiger charge is 2.07. The first-order valence-corrected chi connectivity index (χ1v) is 9.36. The summed E-state index contributed by atoms with van der Waals surface area (Å²) >= 11 is 3.37. The van der Waals surface area contributed by atoms with Crippen molar-refractivity contribution in [2.75, 3.05) is 22.5 Å². The van der Waals surface area contributed by atoms with Gasteiger partial charge in [-0.15, -0.1) is 0 Å². The van der Waals surface area contributed by atoms with Gasteiger partial charge in [0.2, 0.25) is 5.95 Å². The molecule has 0 radical (unpaired) electrons. The van der Waals surface area contributed by atoms with E-state index >= 15 is 0 Å². The Morgan fingerprint density at radius 1 is 1.04 bits per heavy atom. The molecule has 7 heteroatoms. The van der Waals surface area contributed by atoms with Crippen LogP contribution in [0.25, 0.3) is 0 Å². The minimum atomic E-state index is -0.154. The number of halogens is 1. The van der Waals surface area contributed by atoms with Crippen molar-refractivity contribution >= 4 is 45.0 Å². The number of amides is 1. The second-order valence-electron chi connectivity index (χ2n) is 5.92. The molecular formula is C20H20BrN5O. The second-order valence-corrected chi connectivity index (χ2v) is 6.83. The predicted molar refractivity (Wildman–Crippen MR) is 113 cm³/mol. The maximum absolute atomic E-state index is 12.3. The molecule has 0 saturated heterocycles. The van der Waals surface area contributed by atoms with E-state index in [4.69, 9.17) is 0 Å². The van der Waals surface area contributed by atoms with Crippen LogP contribution in [0.4, 0.5) is 23.1 Å². The molecule has 0 aliphatic rings. The Balaban J connectivity index is 1.68. The number of hydrogen-bond acceptors (Lipinski definition) is 5. The van der Waals surface area contributed by atoms with Gasteiger partial charge in [-0.1, -0.05) is 22.0 Å². The first kappa shape index (κ1) is 18.8. The number of rotatable bonds is 6. The minimum absolute atomic E-state index is 0.154. The van der Waals surface area contributed by atoms with E-state index in [9.17, 15) is 4.79 Å². The van der Waals surface area contributed by atoms with E-state index in [1.807, 2.05) is 56.3 Å². The van der Waals surface area contributed by atoms with Gasteiger partial charge in [0.25, 0.3) is 5.91 Å². The number of carbonyl (C=O) groups is 1. The predicted octanol–water partition coefficient (Wildman–Crippen LogP) is 4.98. The monoisotopic (exact) mass is 425 g/mol. The van der Waals surface area contributed by atoms with Crippen LogP contribution in [0.5, 0.6) is 0 Å². The van der Waals surface area contributed by atoms with Crippen molar-refractivity contribution in [2.45, 2.75) is 13.8 Å². The van der Waals surface area contributed by atoms with Gasteiger partial charge in [0, 0.05) is 39.7 Å². The lowest BCUT2D eigenvalue weighted by atomic mass is 10.2. The van der Waals surface area contributed by atoms with E-state index < -0.39 is 0 Å². The SMILES string of the molecule is CCNc1nc(C)cc(Nc2ccc(NC(=O)c3cccc(Br)c3)cc2)n1. The second kappa shape index (κ2) is 8.64. The van der Waals surface area contributed by atoms with Crippen molar-refractivity contribution in [3.63, 3.8) is 0 Å². The average molecular weight is 426 g/mol. The third kappa shape index (κ3) is 5.27. The van der Waals surface area contributed by atoms with Crippen LogP contribution in [-0.4, -0.2) is 22.4 Å². The van der Waals surface area contributed by atoms with Crippen molar-refractivity contribution in [1.82, 2.24) is 9.97 Å². The topological polar surface area (TPSA) is 78.9 Å². The Bertz CT molecular complexity index is 943. The lowest BCUT2D eigenvalue weighted by Crippen LogP contribution is -2.11. The van der Waals surface area contributed by atoms with Gasteiger partial charge >= 0.3 is 0 Å². The summed E-state index contributed by atoms with van der Waals surface area (Å²) in [6.07, 6.45) is 0. The molecule has 0 saturated carbocycles. The first-order chi connectivity index (χ1) is 13.0. The van der Waals surface area contributed by atoms with E-state index in [-0.39, 0.29) is 5.91 Å². The highest BCUT2D eigenvalue weighted by atomic mass is 79.9. The molecule has 0 bridgehead atoms. The largest absolute Gasteiger partial charge is 0.354 e. The van der Waals surface area contributed by atoms with E-state index in [1.165, 1.54) is 0 Å². The van der Waals surface area contributed by atoms with Gasteiger partial charge in [-0.25, -0.2) is 4.98 Å². The molecule has 1 heterocycles. The minimum Gasteiger partial charge on any atom is -0.354 e. The molecule has 3 aromatic rings. The number of aromatic nitrogens is 2. The van der Waals surface area contributed by atoms with Crippen molar-refractivity contribution in [2.24, 2.45) is 0 Å². The van der Waals surface area contributed by atoms with Gasteiger partial charge < -0.3 is 16.0 Å². The molecule has 3 rings (SSSR count). The summed E-state index contributed by atoms with van der Waals surface area (Å²) in [5.74, 6) is 1.15. The summed E-state index contributed by atoms with van der Waals surface area (Å²) in [5.41, 5.74) is 3.06. The van der Waals surface area contributed by atoms with Crippen LogP contribution in [0.2, 0.25) is 0 Å². The van der Waals surface area contributed by atoms with Gasteiger partial charge in [-0.2, -0.15) is 4.98 Å².